The number of amides is 3. The summed E-state index contributed by atoms with van der Waals surface area (Å²) in [6.07, 6.45) is 1.50. The molecule has 0 aromatic heterocycles. The summed E-state index contributed by atoms with van der Waals surface area (Å²) in [5, 5.41) is 8.38. The lowest BCUT2D eigenvalue weighted by atomic mass is 10.1. The molecule has 1 atom stereocenters. The Morgan fingerprint density at radius 1 is 0.700 bits per heavy atom. The van der Waals surface area contributed by atoms with Gasteiger partial charge in [0, 0.05) is 27.8 Å². The van der Waals surface area contributed by atoms with E-state index in [1.54, 1.807) is 78.9 Å². The molecule has 0 saturated heterocycles. The van der Waals surface area contributed by atoms with E-state index in [1.165, 1.54) is 39.2 Å². The van der Waals surface area contributed by atoms with Gasteiger partial charge in [0.2, 0.25) is 5.91 Å². The molecule has 0 fully saturated rings. The third-order valence-corrected chi connectivity index (χ3v) is 9.00. The van der Waals surface area contributed by atoms with Gasteiger partial charge in [-0.15, -0.1) is 11.8 Å². The van der Waals surface area contributed by atoms with Crippen molar-refractivity contribution >= 4 is 58.5 Å². The fraction of sp³-hybridized carbons (Fsp3) is 0.103. The summed E-state index contributed by atoms with van der Waals surface area (Å²) in [6, 6.07) is 35.4. The molecule has 0 heterocycles. The fourth-order valence-electron chi connectivity index (χ4n) is 4.88. The van der Waals surface area contributed by atoms with Crippen LogP contribution in [0.3, 0.4) is 0 Å². The van der Waals surface area contributed by atoms with E-state index in [2.05, 4.69) is 16.0 Å². The van der Waals surface area contributed by atoms with Crippen LogP contribution >= 0.6 is 23.4 Å². The molecule has 254 valence electrons. The van der Waals surface area contributed by atoms with Crippen LogP contribution in [0, 0.1) is 0 Å². The molecule has 0 aliphatic carbocycles. The van der Waals surface area contributed by atoms with Crippen LogP contribution in [0.4, 0.5) is 11.4 Å². The minimum Gasteiger partial charge on any atom is -0.496 e. The van der Waals surface area contributed by atoms with E-state index in [0.29, 0.717) is 44.8 Å². The summed E-state index contributed by atoms with van der Waals surface area (Å²) < 4.78 is 16.4. The number of para-hydroxylation sites is 1. The highest BCUT2D eigenvalue weighted by atomic mass is 35.5. The zero-order valence-corrected chi connectivity index (χ0v) is 29.0. The number of carbonyl (C=O) groups is 3. The van der Waals surface area contributed by atoms with E-state index in [9.17, 15) is 14.4 Å². The van der Waals surface area contributed by atoms with E-state index >= 15 is 0 Å². The molecule has 5 aromatic rings. The van der Waals surface area contributed by atoms with Gasteiger partial charge in [0.25, 0.3) is 11.8 Å². The summed E-state index contributed by atoms with van der Waals surface area (Å²) >= 11 is 7.66. The molecule has 0 spiro atoms. The Morgan fingerprint density at radius 3 is 1.94 bits per heavy atom. The highest BCUT2D eigenvalue weighted by Gasteiger charge is 2.23. The molecule has 3 N–H and O–H groups in total. The second kappa shape index (κ2) is 17.1. The quantitative estimate of drug-likeness (QED) is 0.0834. The van der Waals surface area contributed by atoms with Gasteiger partial charge in [0.1, 0.15) is 16.7 Å². The first-order chi connectivity index (χ1) is 24.3. The first-order valence-corrected chi connectivity index (χ1v) is 16.6. The minimum absolute atomic E-state index is 0.0387. The Labute approximate surface area is 299 Å². The van der Waals surface area contributed by atoms with Crippen LogP contribution in [0.5, 0.6) is 17.2 Å². The summed E-state index contributed by atoms with van der Waals surface area (Å²) in [4.78, 5) is 41.2. The molecule has 0 aliphatic heterocycles. The second-order valence-electron chi connectivity index (χ2n) is 10.7. The van der Waals surface area contributed by atoms with Crippen molar-refractivity contribution in [1.82, 2.24) is 5.32 Å². The normalized spacial score (nSPS) is 11.6. The molecule has 50 heavy (non-hydrogen) atoms. The van der Waals surface area contributed by atoms with Gasteiger partial charge in [-0.1, -0.05) is 72.3 Å². The third-order valence-electron chi connectivity index (χ3n) is 7.40. The van der Waals surface area contributed by atoms with Crippen LogP contribution in [0.15, 0.2) is 132 Å². The lowest BCUT2D eigenvalue weighted by molar-refractivity contribution is -0.116. The number of hydrogen-bond donors (Lipinski definition) is 3. The smallest absolute Gasteiger partial charge is 0.272 e. The Morgan fingerprint density at radius 2 is 1.30 bits per heavy atom. The lowest BCUT2D eigenvalue weighted by Crippen LogP contribution is -2.30. The topological polar surface area (TPSA) is 115 Å². The van der Waals surface area contributed by atoms with E-state index in [4.69, 9.17) is 25.8 Å². The number of ether oxygens (including phenoxy) is 3. The molecule has 0 aliphatic rings. The van der Waals surface area contributed by atoms with Crippen LogP contribution in [0.2, 0.25) is 5.02 Å². The van der Waals surface area contributed by atoms with Gasteiger partial charge in [-0.3, -0.25) is 14.4 Å². The van der Waals surface area contributed by atoms with Crippen LogP contribution < -0.4 is 30.2 Å². The van der Waals surface area contributed by atoms with Crippen molar-refractivity contribution < 1.29 is 28.6 Å². The summed E-state index contributed by atoms with van der Waals surface area (Å²) in [6.45, 7) is 0. The molecule has 0 radical (unpaired) electrons. The number of carbonyl (C=O) groups excluding carboxylic acids is 3. The minimum atomic E-state index is -0.591. The maximum Gasteiger partial charge on any atom is 0.272 e. The average Bonchev–Trinajstić information content (AvgIpc) is 3.15. The Kier molecular flexibility index (Phi) is 12.2. The van der Waals surface area contributed by atoms with Gasteiger partial charge in [-0.25, -0.2) is 0 Å². The zero-order valence-electron chi connectivity index (χ0n) is 27.4. The van der Waals surface area contributed by atoms with Crippen molar-refractivity contribution in [1.29, 1.82) is 0 Å². The summed E-state index contributed by atoms with van der Waals surface area (Å²) in [5.41, 5.74) is 2.61. The second-order valence-corrected chi connectivity index (χ2v) is 12.3. The van der Waals surface area contributed by atoms with Crippen molar-refractivity contribution in [2.75, 3.05) is 32.0 Å². The van der Waals surface area contributed by atoms with Crippen LogP contribution in [-0.2, 0) is 9.59 Å². The monoisotopic (exact) mass is 707 g/mol. The average molecular weight is 708 g/mol. The highest BCUT2D eigenvalue weighted by molar-refractivity contribution is 8.00. The molecular formula is C39H34ClN3O6S. The molecule has 5 aromatic carbocycles. The highest BCUT2D eigenvalue weighted by Crippen LogP contribution is 2.38. The number of nitrogens with one attached hydrogen (secondary N) is 3. The predicted octanol–water partition coefficient (Wildman–Crippen LogP) is 8.25. The standard InChI is InChI=1S/C39H34ClN3O6S/c1-47-33-24-35(49-3)34(48-2)23-27(33)22-32(43-37(44)26-14-8-5-9-15-26)38(45)41-28-18-20-29(21-19-28)50-36(25-12-6-4-7-13-25)39(46)42-31-17-11-10-16-30(31)40/h4-24,36H,1-3H3,(H,41,45)(H,42,46)(H,43,44)/b32-22-. The summed E-state index contributed by atoms with van der Waals surface area (Å²) in [5.74, 6) is -0.0326. The predicted molar refractivity (Wildman–Crippen MR) is 198 cm³/mol. The first kappa shape index (κ1) is 35.6. The molecule has 1 unspecified atom stereocenters. The van der Waals surface area contributed by atoms with Crippen LogP contribution in [0.1, 0.15) is 26.7 Å². The van der Waals surface area contributed by atoms with Crippen molar-refractivity contribution in [3.63, 3.8) is 0 Å². The Balaban J connectivity index is 1.39. The number of thioether (sulfide) groups is 1. The maximum absolute atomic E-state index is 13.7. The van der Waals surface area contributed by atoms with E-state index < -0.39 is 17.1 Å². The molecule has 3 amide bonds. The number of methoxy groups -OCH3 is 3. The molecule has 0 bridgehead atoms. The van der Waals surface area contributed by atoms with E-state index in [-0.39, 0.29) is 11.6 Å². The van der Waals surface area contributed by atoms with Crippen molar-refractivity contribution in [2.45, 2.75) is 10.1 Å². The SMILES string of the molecule is COc1cc(OC)c(OC)cc1/C=C(\NC(=O)c1ccccc1)C(=O)Nc1ccc(SC(C(=O)Nc2ccccc2Cl)c2ccccc2)cc1. The summed E-state index contributed by atoms with van der Waals surface area (Å²) in [7, 11) is 4.49. The Hall–Kier alpha value is -5.71. The number of halogens is 1. The molecule has 5 rings (SSSR count). The van der Waals surface area contributed by atoms with Crippen molar-refractivity contribution in [3.8, 4) is 17.2 Å². The van der Waals surface area contributed by atoms with Gasteiger partial charge in [-0.05, 0) is 66.2 Å². The maximum atomic E-state index is 13.7. The third kappa shape index (κ3) is 9.04. The van der Waals surface area contributed by atoms with Gasteiger partial charge >= 0.3 is 0 Å². The fourth-order valence-corrected chi connectivity index (χ4v) is 6.08. The van der Waals surface area contributed by atoms with Gasteiger partial charge in [0.15, 0.2) is 11.5 Å². The first-order valence-electron chi connectivity index (χ1n) is 15.4. The van der Waals surface area contributed by atoms with Crippen LogP contribution in [-0.4, -0.2) is 39.1 Å². The molecule has 9 nitrogen and oxygen atoms in total. The van der Waals surface area contributed by atoms with Gasteiger partial charge in [-0.2, -0.15) is 0 Å². The number of benzene rings is 5. The van der Waals surface area contributed by atoms with Crippen molar-refractivity contribution in [2.24, 2.45) is 0 Å². The van der Waals surface area contributed by atoms with E-state index in [1.807, 2.05) is 42.5 Å². The van der Waals surface area contributed by atoms with Crippen molar-refractivity contribution in [3.05, 3.63) is 149 Å². The Bertz CT molecular complexity index is 1990. The molecule has 11 heteroatoms. The van der Waals surface area contributed by atoms with Gasteiger partial charge < -0.3 is 30.2 Å². The number of anilines is 2. The number of hydrogen-bond acceptors (Lipinski definition) is 7. The van der Waals surface area contributed by atoms with Gasteiger partial charge in [0.05, 0.1) is 32.0 Å². The molecular weight excluding hydrogens is 674 g/mol. The molecule has 0 saturated carbocycles. The largest absolute Gasteiger partial charge is 0.496 e. The number of rotatable bonds is 13. The zero-order chi connectivity index (χ0) is 35.5. The van der Waals surface area contributed by atoms with Crippen LogP contribution in [0.25, 0.3) is 6.08 Å². The van der Waals surface area contributed by atoms with E-state index in [0.717, 1.165) is 10.5 Å². The lowest BCUT2D eigenvalue weighted by Gasteiger charge is -2.18.